The van der Waals surface area contributed by atoms with Crippen LogP contribution in [0.3, 0.4) is 0 Å². The summed E-state index contributed by atoms with van der Waals surface area (Å²) < 4.78 is 0. The highest BCUT2D eigenvalue weighted by molar-refractivity contribution is 5.92. The summed E-state index contributed by atoms with van der Waals surface area (Å²) in [6, 6.07) is 13.9. The van der Waals surface area contributed by atoms with Gasteiger partial charge in [0.2, 0.25) is 11.8 Å². The SMILES string of the molecule is CC(=O)N(CCC(=O)NCc1ccccc1C)c1ccc(C)c(C)c1. The molecule has 2 rings (SSSR count). The quantitative estimate of drug-likeness (QED) is 0.873. The van der Waals surface area contributed by atoms with Crippen molar-refractivity contribution >= 4 is 17.5 Å². The van der Waals surface area contributed by atoms with Crippen LogP contribution in [-0.2, 0) is 16.1 Å². The lowest BCUT2D eigenvalue weighted by Gasteiger charge is -2.22. The fourth-order valence-electron chi connectivity index (χ4n) is 2.67. The molecule has 0 aliphatic rings. The van der Waals surface area contributed by atoms with E-state index in [2.05, 4.69) is 5.32 Å². The Morgan fingerprint density at radius 1 is 0.960 bits per heavy atom. The van der Waals surface area contributed by atoms with Gasteiger partial charge in [0.1, 0.15) is 0 Å². The van der Waals surface area contributed by atoms with Gasteiger partial charge in [-0.2, -0.15) is 0 Å². The van der Waals surface area contributed by atoms with Gasteiger partial charge in [-0.05, 0) is 55.2 Å². The molecule has 0 radical (unpaired) electrons. The molecule has 0 spiro atoms. The number of carbonyl (C=O) groups excluding carboxylic acids is 2. The topological polar surface area (TPSA) is 49.4 Å². The average molecular weight is 338 g/mol. The summed E-state index contributed by atoms with van der Waals surface area (Å²) in [4.78, 5) is 25.8. The molecule has 2 aromatic carbocycles. The Balaban J connectivity index is 1.94. The lowest BCUT2D eigenvalue weighted by molar-refractivity contribution is -0.121. The van der Waals surface area contributed by atoms with E-state index in [1.54, 1.807) is 4.90 Å². The van der Waals surface area contributed by atoms with Crippen LogP contribution in [0.5, 0.6) is 0 Å². The Bertz CT molecular complexity index is 768. The van der Waals surface area contributed by atoms with Crippen molar-refractivity contribution < 1.29 is 9.59 Å². The number of anilines is 1. The van der Waals surface area contributed by atoms with Crippen LogP contribution in [0.1, 0.15) is 35.6 Å². The fourth-order valence-corrected chi connectivity index (χ4v) is 2.67. The molecular formula is C21H26N2O2. The molecule has 2 aromatic rings. The van der Waals surface area contributed by atoms with Gasteiger partial charge in [0.15, 0.2) is 0 Å². The standard InChI is InChI=1S/C21H26N2O2/c1-15-9-10-20(13-17(15)3)23(18(4)24)12-11-21(25)22-14-19-8-6-5-7-16(19)2/h5-10,13H,11-12,14H2,1-4H3,(H,22,25). The predicted octanol–water partition coefficient (Wildman–Crippen LogP) is 3.67. The molecule has 132 valence electrons. The van der Waals surface area contributed by atoms with Gasteiger partial charge in [-0.25, -0.2) is 0 Å². The van der Waals surface area contributed by atoms with Crippen LogP contribution >= 0.6 is 0 Å². The van der Waals surface area contributed by atoms with E-state index in [9.17, 15) is 9.59 Å². The first-order valence-corrected chi connectivity index (χ1v) is 8.55. The normalized spacial score (nSPS) is 10.4. The first kappa shape index (κ1) is 18.7. The van der Waals surface area contributed by atoms with E-state index >= 15 is 0 Å². The van der Waals surface area contributed by atoms with Crippen molar-refractivity contribution in [2.75, 3.05) is 11.4 Å². The van der Waals surface area contributed by atoms with E-state index in [1.807, 2.05) is 63.2 Å². The van der Waals surface area contributed by atoms with Crippen LogP contribution in [-0.4, -0.2) is 18.4 Å². The zero-order valence-electron chi connectivity index (χ0n) is 15.4. The summed E-state index contributed by atoms with van der Waals surface area (Å²) in [6.45, 7) is 8.49. The van der Waals surface area contributed by atoms with Gasteiger partial charge in [-0.3, -0.25) is 9.59 Å². The van der Waals surface area contributed by atoms with Gasteiger partial charge in [0.25, 0.3) is 0 Å². The second-order valence-electron chi connectivity index (χ2n) is 6.39. The minimum atomic E-state index is -0.0602. The Hall–Kier alpha value is -2.62. The molecule has 0 heterocycles. The Labute approximate surface area is 149 Å². The van der Waals surface area contributed by atoms with Gasteiger partial charge in [0, 0.05) is 32.1 Å². The average Bonchev–Trinajstić information content (AvgIpc) is 2.57. The fraction of sp³-hybridized carbons (Fsp3) is 0.333. The van der Waals surface area contributed by atoms with Crippen molar-refractivity contribution in [2.45, 2.75) is 40.7 Å². The molecule has 4 heteroatoms. The Morgan fingerprint density at radius 2 is 1.68 bits per heavy atom. The third-order valence-corrected chi connectivity index (χ3v) is 4.48. The van der Waals surface area contributed by atoms with E-state index in [0.717, 1.165) is 22.4 Å². The van der Waals surface area contributed by atoms with Crippen molar-refractivity contribution in [3.05, 3.63) is 64.7 Å². The van der Waals surface area contributed by atoms with Gasteiger partial charge in [0.05, 0.1) is 0 Å². The highest BCUT2D eigenvalue weighted by Crippen LogP contribution is 2.19. The maximum Gasteiger partial charge on any atom is 0.223 e. The number of nitrogens with one attached hydrogen (secondary N) is 1. The van der Waals surface area contributed by atoms with Crippen molar-refractivity contribution in [3.63, 3.8) is 0 Å². The Morgan fingerprint density at radius 3 is 2.32 bits per heavy atom. The van der Waals surface area contributed by atoms with E-state index in [1.165, 1.54) is 12.5 Å². The highest BCUT2D eigenvalue weighted by atomic mass is 16.2. The highest BCUT2D eigenvalue weighted by Gasteiger charge is 2.14. The molecule has 0 aromatic heterocycles. The molecule has 0 unspecified atom stereocenters. The summed E-state index contributed by atoms with van der Waals surface area (Å²) in [5.41, 5.74) is 5.41. The molecule has 0 aliphatic heterocycles. The number of aryl methyl sites for hydroxylation is 3. The first-order chi connectivity index (χ1) is 11.9. The van der Waals surface area contributed by atoms with E-state index in [0.29, 0.717) is 13.1 Å². The maximum atomic E-state index is 12.2. The van der Waals surface area contributed by atoms with Crippen LogP contribution in [0, 0.1) is 20.8 Å². The van der Waals surface area contributed by atoms with Crippen molar-refractivity contribution in [2.24, 2.45) is 0 Å². The van der Waals surface area contributed by atoms with Crippen molar-refractivity contribution in [1.82, 2.24) is 5.32 Å². The summed E-state index contributed by atoms with van der Waals surface area (Å²) >= 11 is 0. The molecule has 0 saturated carbocycles. The third-order valence-electron chi connectivity index (χ3n) is 4.48. The number of nitrogens with zero attached hydrogens (tertiary/aromatic N) is 1. The smallest absolute Gasteiger partial charge is 0.223 e. The molecule has 2 amide bonds. The van der Waals surface area contributed by atoms with Gasteiger partial charge < -0.3 is 10.2 Å². The van der Waals surface area contributed by atoms with Crippen LogP contribution in [0.4, 0.5) is 5.69 Å². The van der Waals surface area contributed by atoms with Gasteiger partial charge in [-0.15, -0.1) is 0 Å². The summed E-state index contributed by atoms with van der Waals surface area (Å²) in [6.07, 6.45) is 0.276. The molecule has 0 saturated heterocycles. The van der Waals surface area contributed by atoms with Crippen LogP contribution in [0.25, 0.3) is 0 Å². The minimum Gasteiger partial charge on any atom is -0.352 e. The molecule has 25 heavy (non-hydrogen) atoms. The van der Waals surface area contributed by atoms with E-state index in [4.69, 9.17) is 0 Å². The molecule has 0 atom stereocenters. The number of hydrogen-bond acceptors (Lipinski definition) is 2. The van der Waals surface area contributed by atoms with Gasteiger partial charge in [-0.1, -0.05) is 30.3 Å². The predicted molar refractivity (Wildman–Crippen MR) is 102 cm³/mol. The molecule has 1 N–H and O–H groups in total. The second-order valence-corrected chi connectivity index (χ2v) is 6.39. The van der Waals surface area contributed by atoms with Crippen molar-refractivity contribution in [3.8, 4) is 0 Å². The summed E-state index contributed by atoms with van der Waals surface area (Å²) in [5, 5.41) is 2.93. The molecule has 4 nitrogen and oxygen atoms in total. The van der Waals surface area contributed by atoms with E-state index < -0.39 is 0 Å². The second kappa shape index (κ2) is 8.47. The zero-order chi connectivity index (χ0) is 18.4. The van der Waals surface area contributed by atoms with E-state index in [-0.39, 0.29) is 18.2 Å². The minimum absolute atomic E-state index is 0.0571. The number of amides is 2. The summed E-state index contributed by atoms with van der Waals surface area (Å²) in [5.74, 6) is -0.117. The third kappa shape index (κ3) is 5.18. The van der Waals surface area contributed by atoms with Crippen LogP contribution in [0.2, 0.25) is 0 Å². The van der Waals surface area contributed by atoms with Crippen LogP contribution in [0.15, 0.2) is 42.5 Å². The number of carbonyl (C=O) groups is 2. The lowest BCUT2D eigenvalue weighted by atomic mass is 10.1. The van der Waals surface area contributed by atoms with Crippen molar-refractivity contribution in [1.29, 1.82) is 0 Å². The zero-order valence-corrected chi connectivity index (χ0v) is 15.4. The lowest BCUT2D eigenvalue weighted by Crippen LogP contribution is -2.33. The number of benzene rings is 2. The van der Waals surface area contributed by atoms with Crippen LogP contribution < -0.4 is 10.2 Å². The largest absolute Gasteiger partial charge is 0.352 e. The van der Waals surface area contributed by atoms with Gasteiger partial charge >= 0.3 is 0 Å². The maximum absolute atomic E-state index is 12.2. The Kier molecular flexibility index (Phi) is 6.34. The monoisotopic (exact) mass is 338 g/mol. The number of hydrogen-bond donors (Lipinski definition) is 1. The number of rotatable bonds is 6. The molecule has 0 fully saturated rings. The first-order valence-electron chi connectivity index (χ1n) is 8.55. The molecular weight excluding hydrogens is 312 g/mol. The summed E-state index contributed by atoms with van der Waals surface area (Å²) in [7, 11) is 0. The molecule has 0 aliphatic carbocycles. The molecule has 0 bridgehead atoms.